The number of methoxy groups -OCH3 is 1. The Kier molecular flexibility index (Phi) is 6.28. The van der Waals surface area contributed by atoms with Gasteiger partial charge in [0, 0.05) is 22.7 Å². The summed E-state index contributed by atoms with van der Waals surface area (Å²) in [5, 5.41) is 1.64. The first-order valence-electron chi connectivity index (χ1n) is 9.62. The van der Waals surface area contributed by atoms with E-state index in [4.69, 9.17) is 32.7 Å². The summed E-state index contributed by atoms with van der Waals surface area (Å²) in [4.78, 5) is 4.64. The number of fused-ring (bicyclic) bond motifs is 1. The number of hydrogen-bond donors (Lipinski definition) is 0. The molecule has 1 aromatic heterocycles. The summed E-state index contributed by atoms with van der Waals surface area (Å²) in [5.74, 6) is 1.05. The van der Waals surface area contributed by atoms with E-state index in [-0.39, 0.29) is 5.75 Å². The number of pyridine rings is 1. The van der Waals surface area contributed by atoms with Crippen molar-refractivity contribution in [3.8, 4) is 34.1 Å². The molecule has 0 radical (unpaired) electrons. The number of nitrogens with zero attached hydrogens (tertiary/aromatic N) is 1. The van der Waals surface area contributed by atoms with Gasteiger partial charge in [-0.3, -0.25) is 4.98 Å². The number of benzene rings is 3. The summed E-state index contributed by atoms with van der Waals surface area (Å²) in [6.07, 6.45) is -4.74. The number of aromatic nitrogens is 1. The Hall–Kier alpha value is -3.16. The van der Waals surface area contributed by atoms with Gasteiger partial charge in [-0.05, 0) is 55.0 Å². The quantitative estimate of drug-likeness (QED) is 0.280. The summed E-state index contributed by atoms with van der Waals surface area (Å²) in [7, 11) is 1.53. The molecule has 0 bridgehead atoms. The van der Waals surface area contributed by atoms with Crippen molar-refractivity contribution in [1.82, 2.24) is 4.98 Å². The summed E-state index contributed by atoms with van der Waals surface area (Å²) >= 11 is 13.0. The Bertz CT molecular complexity index is 1310. The van der Waals surface area contributed by atoms with Crippen LogP contribution < -0.4 is 14.2 Å². The van der Waals surface area contributed by atoms with E-state index in [0.717, 1.165) is 16.8 Å². The van der Waals surface area contributed by atoms with Crippen molar-refractivity contribution in [2.45, 2.75) is 13.3 Å². The van der Waals surface area contributed by atoms with Crippen LogP contribution >= 0.6 is 23.2 Å². The number of aryl methyl sites for hydroxylation is 1. The molecule has 0 saturated carbocycles. The standard InChI is InChI=1S/C24H16Cl2F3NO3/c1-13-22(23(26)18-11-19(25)21(31-2)12-20(18)30-13)14-3-5-15(6-4-14)32-16-7-9-17(10-8-16)33-24(27,28)29/h3-12H,1-2H3. The maximum atomic E-state index is 12.3. The van der Waals surface area contributed by atoms with Gasteiger partial charge in [0.25, 0.3) is 0 Å². The first kappa shape index (κ1) is 23.0. The number of ether oxygens (including phenoxy) is 3. The van der Waals surface area contributed by atoms with Crippen LogP contribution in [-0.2, 0) is 0 Å². The topological polar surface area (TPSA) is 40.6 Å². The van der Waals surface area contributed by atoms with Crippen molar-refractivity contribution < 1.29 is 27.4 Å². The molecule has 33 heavy (non-hydrogen) atoms. The Balaban J connectivity index is 1.59. The molecule has 3 aromatic carbocycles. The molecular weight excluding hydrogens is 478 g/mol. The molecule has 0 fully saturated rings. The molecule has 9 heteroatoms. The van der Waals surface area contributed by atoms with E-state index in [0.29, 0.717) is 38.2 Å². The lowest BCUT2D eigenvalue weighted by atomic mass is 10.0. The maximum Gasteiger partial charge on any atom is 0.573 e. The molecule has 0 spiro atoms. The zero-order valence-electron chi connectivity index (χ0n) is 17.3. The fourth-order valence-corrected chi connectivity index (χ4v) is 4.01. The van der Waals surface area contributed by atoms with Crippen molar-refractivity contribution >= 4 is 34.1 Å². The second kappa shape index (κ2) is 9.00. The second-order valence-electron chi connectivity index (χ2n) is 7.04. The highest BCUT2D eigenvalue weighted by molar-refractivity contribution is 6.39. The van der Waals surface area contributed by atoms with E-state index >= 15 is 0 Å². The van der Waals surface area contributed by atoms with Gasteiger partial charge in [0.15, 0.2) is 0 Å². The molecule has 0 amide bonds. The average molecular weight is 494 g/mol. The normalized spacial score (nSPS) is 11.5. The van der Waals surface area contributed by atoms with Crippen LogP contribution in [0.4, 0.5) is 13.2 Å². The van der Waals surface area contributed by atoms with Gasteiger partial charge in [-0.25, -0.2) is 0 Å². The highest BCUT2D eigenvalue weighted by Crippen LogP contribution is 2.40. The van der Waals surface area contributed by atoms with E-state index in [9.17, 15) is 13.2 Å². The molecule has 0 saturated heterocycles. The monoisotopic (exact) mass is 493 g/mol. The van der Waals surface area contributed by atoms with Crippen molar-refractivity contribution in [3.05, 3.63) is 76.4 Å². The second-order valence-corrected chi connectivity index (χ2v) is 7.82. The number of rotatable bonds is 5. The minimum Gasteiger partial charge on any atom is -0.495 e. The van der Waals surface area contributed by atoms with Crippen LogP contribution in [0.5, 0.6) is 23.0 Å². The number of halogens is 5. The molecule has 4 aromatic rings. The van der Waals surface area contributed by atoms with Gasteiger partial charge in [-0.1, -0.05) is 35.3 Å². The average Bonchev–Trinajstić information content (AvgIpc) is 2.75. The van der Waals surface area contributed by atoms with Gasteiger partial charge >= 0.3 is 6.36 Å². The Morgan fingerprint density at radius 3 is 2.00 bits per heavy atom. The Morgan fingerprint density at radius 2 is 1.42 bits per heavy atom. The third-order valence-corrected chi connectivity index (χ3v) is 5.50. The van der Waals surface area contributed by atoms with Crippen molar-refractivity contribution in [3.63, 3.8) is 0 Å². The SMILES string of the molecule is COc1cc2nc(C)c(-c3ccc(Oc4ccc(OC(F)(F)F)cc4)cc3)c(Cl)c2cc1Cl. The molecule has 0 atom stereocenters. The fraction of sp³-hybridized carbons (Fsp3) is 0.125. The molecule has 0 N–H and O–H groups in total. The number of hydrogen-bond acceptors (Lipinski definition) is 4. The lowest BCUT2D eigenvalue weighted by Gasteiger charge is -2.14. The lowest BCUT2D eigenvalue weighted by Crippen LogP contribution is -2.16. The van der Waals surface area contributed by atoms with Crippen LogP contribution in [0.15, 0.2) is 60.7 Å². The van der Waals surface area contributed by atoms with Gasteiger partial charge in [0.05, 0.1) is 22.7 Å². The van der Waals surface area contributed by atoms with E-state index in [1.165, 1.54) is 31.4 Å². The van der Waals surface area contributed by atoms with Crippen molar-refractivity contribution in [2.75, 3.05) is 7.11 Å². The largest absolute Gasteiger partial charge is 0.573 e. The molecule has 0 aliphatic rings. The zero-order valence-corrected chi connectivity index (χ0v) is 18.8. The van der Waals surface area contributed by atoms with Gasteiger partial charge < -0.3 is 14.2 Å². The van der Waals surface area contributed by atoms with Crippen molar-refractivity contribution in [1.29, 1.82) is 0 Å². The Labute approximate surface area is 197 Å². The summed E-state index contributed by atoms with van der Waals surface area (Å²) in [6.45, 7) is 1.86. The maximum absolute atomic E-state index is 12.3. The van der Waals surface area contributed by atoms with Gasteiger partial charge in [-0.2, -0.15) is 0 Å². The van der Waals surface area contributed by atoms with Gasteiger partial charge in [0.2, 0.25) is 0 Å². The van der Waals surface area contributed by atoms with Crippen LogP contribution in [0.25, 0.3) is 22.0 Å². The van der Waals surface area contributed by atoms with E-state index in [2.05, 4.69) is 9.72 Å². The van der Waals surface area contributed by atoms with Crippen LogP contribution in [-0.4, -0.2) is 18.5 Å². The lowest BCUT2D eigenvalue weighted by molar-refractivity contribution is -0.274. The number of alkyl halides is 3. The summed E-state index contributed by atoms with van der Waals surface area (Å²) in [5.41, 5.74) is 2.97. The molecular formula is C24H16Cl2F3NO3. The van der Waals surface area contributed by atoms with Gasteiger partial charge in [0.1, 0.15) is 23.0 Å². The summed E-state index contributed by atoms with van der Waals surface area (Å²) in [6, 6.07) is 15.7. The Morgan fingerprint density at radius 1 is 0.848 bits per heavy atom. The molecule has 0 aliphatic heterocycles. The third kappa shape index (κ3) is 5.10. The molecule has 4 nitrogen and oxygen atoms in total. The predicted octanol–water partition coefficient (Wildman–Crippen LogP) is 8.22. The third-order valence-electron chi connectivity index (χ3n) is 4.81. The molecule has 1 heterocycles. The van der Waals surface area contributed by atoms with Crippen LogP contribution in [0.2, 0.25) is 10.0 Å². The highest BCUT2D eigenvalue weighted by atomic mass is 35.5. The minimum atomic E-state index is -4.74. The van der Waals surface area contributed by atoms with Gasteiger partial charge in [-0.15, -0.1) is 13.2 Å². The van der Waals surface area contributed by atoms with E-state index in [1.807, 2.05) is 19.1 Å². The first-order valence-corrected chi connectivity index (χ1v) is 10.4. The van der Waals surface area contributed by atoms with Crippen LogP contribution in [0, 0.1) is 6.92 Å². The molecule has 170 valence electrons. The van der Waals surface area contributed by atoms with Crippen LogP contribution in [0.3, 0.4) is 0 Å². The minimum absolute atomic E-state index is 0.322. The molecule has 4 rings (SSSR count). The smallest absolute Gasteiger partial charge is 0.495 e. The van der Waals surface area contributed by atoms with E-state index in [1.54, 1.807) is 24.3 Å². The molecule has 0 unspecified atom stereocenters. The fourth-order valence-electron chi connectivity index (χ4n) is 3.37. The van der Waals surface area contributed by atoms with Crippen molar-refractivity contribution in [2.24, 2.45) is 0 Å². The van der Waals surface area contributed by atoms with Crippen LogP contribution in [0.1, 0.15) is 5.69 Å². The van der Waals surface area contributed by atoms with E-state index < -0.39 is 6.36 Å². The zero-order chi connectivity index (χ0) is 23.8. The molecule has 0 aliphatic carbocycles. The highest BCUT2D eigenvalue weighted by Gasteiger charge is 2.31. The predicted molar refractivity (Wildman–Crippen MR) is 122 cm³/mol. The summed E-state index contributed by atoms with van der Waals surface area (Å²) < 4.78 is 51.7. The first-order chi connectivity index (χ1) is 15.6.